The molecule has 10 nitrogen and oxygen atoms in total. The fourth-order valence-corrected chi connectivity index (χ4v) is 7.53. The molecule has 2 heterocycles. The summed E-state index contributed by atoms with van der Waals surface area (Å²) in [6.45, 7) is 13.4. The summed E-state index contributed by atoms with van der Waals surface area (Å²) in [6.07, 6.45) is 14.4. The molecule has 10 heteroatoms. The Bertz CT molecular complexity index is 1140. The van der Waals surface area contributed by atoms with E-state index in [0.717, 1.165) is 18.5 Å². The molecular weight excluding hydrogens is 626 g/mol. The highest BCUT2D eigenvalue weighted by Crippen LogP contribution is 2.39. The number of esters is 2. The second kappa shape index (κ2) is 19.0. The molecule has 2 aliphatic heterocycles. The van der Waals surface area contributed by atoms with Crippen LogP contribution in [0, 0.1) is 17.8 Å². The zero-order chi connectivity index (χ0) is 36.4. The maximum Gasteiger partial charge on any atom is 0.309 e. The van der Waals surface area contributed by atoms with Gasteiger partial charge in [-0.2, -0.15) is 0 Å². The van der Waals surface area contributed by atoms with E-state index in [-0.39, 0.29) is 55.5 Å². The molecule has 0 aromatic carbocycles. The van der Waals surface area contributed by atoms with Gasteiger partial charge in [-0.3, -0.25) is 9.59 Å². The van der Waals surface area contributed by atoms with Gasteiger partial charge in [-0.25, -0.2) is 0 Å². The van der Waals surface area contributed by atoms with Crippen molar-refractivity contribution in [3.63, 3.8) is 0 Å². The van der Waals surface area contributed by atoms with Crippen LogP contribution >= 0.6 is 0 Å². The third kappa shape index (κ3) is 12.6. The van der Waals surface area contributed by atoms with Gasteiger partial charge in [0, 0.05) is 25.9 Å². The number of carbonyl (C=O) groups is 2. The molecule has 0 radical (unpaired) electrons. The Balaban J connectivity index is 1.84. The summed E-state index contributed by atoms with van der Waals surface area (Å²) >= 11 is 0. The number of hydrogen-bond donors (Lipinski definition) is 4. The van der Waals surface area contributed by atoms with Crippen molar-refractivity contribution in [3.05, 3.63) is 36.0 Å². The number of allylic oxidation sites excluding steroid dienone is 2. The highest BCUT2D eigenvalue weighted by Gasteiger charge is 2.54. The summed E-state index contributed by atoms with van der Waals surface area (Å²) in [4.78, 5) is 24.7. The molecule has 1 aliphatic carbocycles. The van der Waals surface area contributed by atoms with Gasteiger partial charge in [0.2, 0.25) is 0 Å². The van der Waals surface area contributed by atoms with Gasteiger partial charge in [-0.1, -0.05) is 70.8 Å². The smallest absolute Gasteiger partial charge is 0.309 e. The minimum absolute atomic E-state index is 0.0242. The SMILES string of the molecule is CC[C@H](OC)[C@@H](C)C1OC1C(NCC1CCCCCC1)C(C)(O)/C=C/C=C(\C)[C@H]1OC(=O)CC(O)CCC(C)(O)[C@@H](OC(C)=O)/C=C/C1C. The number of rotatable bonds is 13. The largest absolute Gasteiger partial charge is 0.457 e. The molecule has 0 aromatic rings. The number of cyclic esters (lactones) is 1. The second-order valence-corrected chi connectivity index (χ2v) is 15.3. The number of aliphatic hydroxyl groups is 3. The average molecular weight is 692 g/mol. The second-order valence-electron chi connectivity index (χ2n) is 15.3. The molecule has 0 bridgehead atoms. The van der Waals surface area contributed by atoms with Crippen LogP contribution < -0.4 is 5.32 Å². The lowest BCUT2D eigenvalue weighted by atomic mass is 9.86. The van der Waals surface area contributed by atoms with Crippen molar-refractivity contribution in [2.45, 2.75) is 167 Å². The molecule has 2 fully saturated rings. The van der Waals surface area contributed by atoms with Crippen molar-refractivity contribution in [1.82, 2.24) is 5.32 Å². The molecule has 11 atom stereocenters. The first kappa shape index (κ1) is 41.3. The lowest BCUT2D eigenvalue weighted by Crippen LogP contribution is -2.53. The first-order valence-corrected chi connectivity index (χ1v) is 18.5. The summed E-state index contributed by atoms with van der Waals surface area (Å²) in [6, 6.07) is -0.337. The molecule has 0 amide bonds. The molecule has 0 aromatic heterocycles. The van der Waals surface area contributed by atoms with Crippen LogP contribution in [0.3, 0.4) is 0 Å². The Labute approximate surface area is 294 Å². The van der Waals surface area contributed by atoms with Gasteiger partial charge in [0.1, 0.15) is 23.9 Å². The minimum atomic E-state index is -1.44. The maximum absolute atomic E-state index is 12.9. The van der Waals surface area contributed by atoms with Gasteiger partial charge < -0.3 is 39.6 Å². The Hall–Kier alpha value is -2.08. The number of methoxy groups -OCH3 is 1. The Morgan fingerprint density at radius 1 is 1.16 bits per heavy atom. The fraction of sp³-hybridized carbons (Fsp3) is 0.795. The monoisotopic (exact) mass is 691 g/mol. The molecule has 3 aliphatic rings. The number of ether oxygens (including phenoxy) is 4. The third-order valence-corrected chi connectivity index (χ3v) is 10.8. The van der Waals surface area contributed by atoms with Gasteiger partial charge in [-0.15, -0.1) is 0 Å². The summed E-state index contributed by atoms with van der Waals surface area (Å²) in [5, 5.41) is 37.3. The Morgan fingerprint density at radius 3 is 2.45 bits per heavy atom. The Morgan fingerprint density at radius 2 is 1.84 bits per heavy atom. The van der Waals surface area contributed by atoms with Crippen LogP contribution in [0.1, 0.15) is 113 Å². The number of hydrogen-bond acceptors (Lipinski definition) is 10. The van der Waals surface area contributed by atoms with E-state index in [0.29, 0.717) is 5.92 Å². The van der Waals surface area contributed by atoms with E-state index in [9.17, 15) is 24.9 Å². The van der Waals surface area contributed by atoms with E-state index in [1.165, 1.54) is 45.4 Å². The van der Waals surface area contributed by atoms with Crippen LogP contribution in [-0.4, -0.2) is 94.8 Å². The molecule has 280 valence electrons. The molecular formula is C39H65NO9. The van der Waals surface area contributed by atoms with Gasteiger partial charge in [-0.05, 0) is 77.0 Å². The summed E-state index contributed by atoms with van der Waals surface area (Å²) in [7, 11) is 1.73. The van der Waals surface area contributed by atoms with Crippen molar-refractivity contribution >= 4 is 11.9 Å². The predicted octanol–water partition coefficient (Wildman–Crippen LogP) is 5.33. The summed E-state index contributed by atoms with van der Waals surface area (Å²) in [5.74, 6) is -0.694. The van der Waals surface area contributed by atoms with E-state index in [1.807, 2.05) is 19.9 Å². The van der Waals surface area contributed by atoms with Gasteiger partial charge in [0.15, 0.2) is 0 Å². The number of aliphatic hydroxyl groups excluding tert-OH is 1. The van der Waals surface area contributed by atoms with Crippen LogP contribution in [0.5, 0.6) is 0 Å². The highest BCUT2D eigenvalue weighted by molar-refractivity contribution is 5.70. The standard InChI is InChI=1S/C39H65NO9/c1-9-31(46-8)27(4)35-36(49-35)37(40-24-29-16-12-10-11-13-17-29)39(7,45)21-14-15-25(2)34-26(3)18-19-32(47-28(5)41)38(6,44)22-20-30(42)23-33(43)48-34/h14-15,18-19,21,26-27,29-32,34-37,40,42,44-45H,9-13,16-17,20,22-24H2,1-8H3/b19-18+,21-14+,25-15+/t26?,27-,30?,31+,32+,34-,35?,36?,37?,38?,39?/m1/s1. The number of nitrogens with one attached hydrogen (secondary N) is 1. The average Bonchev–Trinajstić information content (AvgIpc) is 3.85. The van der Waals surface area contributed by atoms with Crippen molar-refractivity contribution in [2.75, 3.05) is 13.7 Å². The zero-order valence-corrected chi connectivity index (χ0v) is 31.2. The van der Waals surface area contributed by atoms with E-state index in [2.05, 4.69) is 19.2 Å². The topological polar surface area (TPSA) is 147 Å². The molecule has 49 heavy (non-hydrogen) atoms. The minimum Gasteiger partial charge on any atom is -0.457 e. The first-order chi connectivity index (χ1) is 23.1. The summed E-state index contributed by atoms with van der Waals surface area (Å²) in [5.41, 5.74) is -1.97. The van der Waals surface area contributed by atoms with Crippen molar-refractivity contribution in [1.29, 1.82) is 0 Å². The fourth-order valence-electron chi connectivity index (χ4n) is 7.53. The van der Waals surface area contributed by atoms with Crippen molar-refractivity contribution in [3.8, 4) is 0 Å². The maximum atomic E-state index is 12.9. The first-order valence-electron chi connectivity index (χ1n) is 18.5. The Kier molecular flexibility index (Phi) is 16.0. The quantitative estimate of drug-likeness (QED) is 0.0657. The predicted molar refractivity (Wildman–Crippen MR) is 190 cm³/mol. The molecule has 7 unspecified atom stereocenters. The zero-order valence-electron chi connectivity index (χ0n) is 31.2. The number of epoxide rings is 1. The van der Waals surface area contributed by atoms with Crippen molar-refractivity contribution < 1.29 is 43.9 Å². The van der Waals surface area contributed by atoms with Gasteiger partial charge >= 0.3 is 11.9 Å². The molecule has 1 saturated heterocycles. The lowest BCUT2D eigenvalue weighted by molar-refractivity contribution is -0.157. The molecule has 1 saturated carbocycles. The van der Waals surface area contributed by atoms with Crippen LogP contribution in [-0.2, 0) is 28.5 Å². The van der Waals surface area contributed by atoms with E-state index in [1.54, 1.807) is 45.3 Å². The van der Waals surface area contributed by atoms with Gasteiger partial charge in [0.05, 0.1) is 36.4 Å². The summed E-state index contributed by atoms with van der Waals surface area (Å²) < 4.78 is 23.3. The highest BCUT2D eigenvalue weighted by atomic mass is 16.6. The van der Waals surface area contributed by atoms with Gasteiger partial charge in [0.25, 0.3) is 0 Å². The molecule has 4 N–H and O–H groups in total. The molecule has 0 spiro atoms. The van der Waals surface area contributed by atoms with E-state index >= 15 is 0 Å². The molecule has 3 rings (SSSR count). The lowest BCUT2D eigenvalue weighted by Gasteiger charge is -2.32. The van der Waals surface area contributed by atoms with E-state index < -0.39 is 41.5 Å². The van der Waals surface area contributed by atoms with Crippen LogP contribution in [0.4, 0.5) is 0 Å². The normalized spacial score (nSPS) is 34.8. The van der Waals surface area contributed by atoms with E-state index in [4.69, 9.17) is 18.9 Å². The number of carbonyl (C=O) groups excluding carboxylic acids is 2. The van der Waals surface area contributed by atoms with Crippen LogP contribution in [0.25, 0.3) is 0 Å². The van der Waals surface area contributed by atoms with Crippen LogP contribution in [0.2, 0.25) is 0 Å². The third-order valence-electron chi connectivity index (χ3n) is 10.8. The van der Waals surface area contributed by atoms with Crippen molar-refractivity contribution in [2.24, 2.45) is 17.8 Å². The van der Waals surface area contributed by atoms with Crippen LogP contribution in [0.15, 0.2) is 36.0 Å².